The Bertz CT molecular complexity index is 1470. The van der Waals surface area contributed by atoms with E-state index in [1.54, 1.807) is 39.8 Å². The van der Waals surface area contributed by atoms with Crippen LogP contribution in [0.5, 0.6) is 0 Å². The lowest BCUT2D eigenvalue weighted by molar-refractivity contribution is -0.134. The van der Waals surface area contributed by atoms with Crippen molar-refractivity contribution in [1.29, 1.82) is 5.26 Å². The molecule has 0 aromatic carbocycles. The van der Waals surface area contributed by atoms with Crippen LogP contribution < -0.4 is 5.69 Å². The van der Waals surface area contributed by atoms with E-state index in [9.17, 15) is 14.9 Å². The number of hydrogen-bond donors (Lipinski definition) is 1. The van der Waals surface area contributed by atoms with Gasteiger partial charge in [-0.15, -0.1) is 0 Å². The molecule has 4 aromatic rings. The van der Waals surface area contributed by atoms with Crippen molar-refractivity contribution in [3.05, 3.63) is 46.8 Å². The number of aromatic nitrogens is 6. The number of pyridine rings is 1. The molecule has 1 aliphatic carbocycles. The fourth-order valence-electron chi connectivity index (χ4n) is 4.56. The van der Waals surface area contributed by atoms with Crippen molar-refractivity contribution in [2.75, 3.05) is 13.1 Å². The van der Waals surface area contributed by atoms with Crippen LogP contribution in [0.1, 0.15) is 37.3 Å². The summed E-state index contributed by atoms with van der Waals surface area (Å²) in [5, 5.41) is 13.6. The summed E-state index contributed by atoms with van der Waals surface area (Å²) in [6.07, 6.45) is 8.57. The van der Waals surface area contributed by atoms with Crippen molar-refractivity contribution >= 4 is 22.6 Å². The summed E-state index contributed by atoms with van der Waals surface area (Å²) in [5.74, 6) is 0.797. The van der Waals surface area contributed by atoms with Crippen LogP contribution in [0.15, 0.2) is 35.5 Å². The second-order valence-corrected chi connectivity index (χ2v) is 8.50. The lowest BCUT2D eigenvalue weighted by Gasteiger charge is -2.33. The van der Waals surface area contributed by atoms with Gasteiger partial charge in [0.2, 0.25) is 5.91 Å². The molecule has 10 heteroatoms. The molecule has 1 atom stereocenters. The molecule has 6 rings (SSSR count). The standard InChI is InChI=1S/C22H20N8O2/c23-9-13-5-7-29-18(8-13)16(10-25-29)19-24-11-17-20(27-19)30(22(32)26-17)15-2-1-6-28(12-15)21(31)14-3-4-14/h5,7-8,10-11,14-15H,1-4,6,12H2,(H,26,32)/t15-/m0/s1. The van der Waals surface area contributed by atoms with Gasteiger partial charge in [-0.1, -0.05) is 0 Å². The van der Waals surface area contributed by atoms with Crippen molar-refractivity contribution in [3.8, 4) is 17.5 Å². The highest BCUT2D eigenvalue weighted by molar-refractivity contribution is 5.81. The first-order valence-electron chi connectivity index (χ1n) is 10.8. The van der Waals surface area contributed by atoms with Crippen LogP contribution in [0, 0.1) is 17.2 Å². The summed E-state index contributed by atoms with van der Waals surface area (Å²) in [6.45, 7) is 1.26. The number of fused-ring (bicyclic) bond motifs is 2. The largest absolute Gasteiger partial charge is 0.340 e. The summed E-state index contributed by atoms with van der Waals surface area (Å²) in [4.78, 5) is 39.3. The van der Waals surface area contributed by atoms with Gasteiger partial charge in [0.25, 0.3) is 0 Å². The third-order valence-electron chi connectivity index (χ3n) is 6.35. The molecular weight excluding hydrogens is 408 g/mol. The van der Waals surface area contributed by atoms with Gasteiger partial charge in [0, 0.05) is 25.2 Å². The molecule has 32 heavy (non-hydrogen) atoms. The molecule has 1 aliphatic heterocycles. The van der Waals surface area contributed by atoms with E-state index >= 15 is 0 Å². The van der Waals surface area contributed by atoms with Crippen molar-refractivity contribution in [3.63, 3.8) is 0 Å². The monoisotopic (exact) mass is 428 g/mol. The Morgan fingerprint density at radius 3 is 2.94 bits per heavy atom. The number of carbonyl (C=O) groups excluding carboxylic acids is 1. The first kappa shape index (κ1) is 18.7. The number of carbonyl (C=O) groups is 1. The predicted molar refractivity (Wildman–Crippen MR) is 115 cm³/mol. The van der Waals surface area contributed by atoms with Crippen LogP contribution in [0.4, 0.5) is 0 Å². The maximum atomic E-state index is 12.8. The number of amides is 1. The number of hydrogen-bond acceptors (Lipinski definition) is 6. The van der Waals surface area contributed by atoms with Gasteiger partial charge >= 0.3 is 5.69 Å². The second kappa shape index (κ2) is 7.02. The van der Waals surface area contributed by atoms with E-state index in [1.165, 1.54) is 0 Å². The molecule has 10 nitrogen and oxygen atoms in total. The lowest BCUT2D eigenvalue weighted by Crippen LogP contribution is -2.43. The fraction of sp³-hybridized carbons (Fsp3) is 0.364. The van der Waals surface area contributed by atoms with Gasteiger partial charge in [0.05, 0.1) is 41.1 Å². The minimum absolute atomic E-state index is 0.135. The highest BCUT2D eigenvalue weighted by atomic mass is 16.2. The normalized spacial score (nSPS) is 18.8. The molecule has 1 amide bonds. The summed E-state index contributed by atoms with van der Waals surface area (Å²) >= 11 is 0. The number of nitriles is 1. The van der Waals surface area contributed by atoms with Crippen LogP contribution in [0.25, 0.3) is 28.1 Å². The van der Waals surface area contributed by atoms with Crippen LogP contribution >= 0.6 is 0 Å². The summed E-state index contributed by atoms with van der Waals surface area (Å²) < 4.78 is 3.33. The zero-order chi connectivity index (χ0) is 21.8. The second-order valence-electron chi connectivity index (χ2n) is 8.50. The van der Waals surface area contributed by atoms with E-state index in [-0.39, 0.29) is 23.6 Å². The highest BCUT2D eigenvalue weighted by Crippen LogP contribution is 2.33. The quantitative estimate of drug-likeness (QED) is 0.531. The number of H-pyrrole nitrogens is 1. The van der Waals surface area contributed by atoms with Crippen molar-refractivity contribution in [2.24, 2.45) is 5.92 Å². The van der Waals surface area contributed by atoms with Gasteiger partial charge in [-0.25, -0.2) is 19.3 Å². The molecule has 1 N–H and O–H groups in total. The average molecular weight is 428 g/mol. The Balaban J connectivity index is 1.42. The number of aromatic amines is 1. The van der Waals surface area contributed by atoms with Crippen molar-refractivity contribution in [2.45, 2.75) is 31.7 Å². The Labute approximate surface area is 182 Å². The van der Waals surface area contributed by atoms with E-state index in [2.05, 4.69) is 21.1 Å². The van der Waals surface area contributed by atoms with E-state index in [0.717, 1.165) is 32.2 Å². The van der Waals surface area contributed by atoms with Crippen LogP contribution in [-0.2, 0) is 4.79 Å². The number of imidazole rings is 1. The van der Waals surface area contributed by atoms with Gasteiger partial charge in [0.15, 0.2) is 11.5 Å². The van der Waals surface area contributed by atoms with E-state index in [0.29, 0.717) is 40.2 Å². The van der Waals surface area contributed by atoms with Gasteiger partial charge < -0.3 is 9.88 Å². The number of piperidine rings is 1. The van der Waals surface area contributed by atoms with Gasteiger partial charge in [-0.3, -0.25) is 9.36 Å². The molecule has 0 unspecified atom stereocenters. The van der Waals surface area contributed by atoms with E-state index in [1.807, 2.05) is 4.90 Å². The van der Waals surface area contributed by atoms with E-state index in [4.69, 9.17) is 4.98 Å². The lowest BCUT2D eigenvalue weighted by atomic mass is 10.0. The smallest absolute Gasteiger partial charge is 0.328 e. The van der Waals surface area contributed by atoms with Gasteiger partial charge in [-0.2, -0.15) is 10.4 Å². The Hall–Kier alpha value is -4.00. The van der Waals surface area contributed by atoms with Crippen LogP contribution in [0.2, 0.25) is 0 Å². The molecule has 2 fully saturated rings. The Morgan fingerprint density at radius 2 is 2.12 bits per heavy atom. The fourth-order valence-corrected chi connectivity index (χ4v) is 4.56. The third-order valence-corrected chi connectivity index (χ3v) is 6.35. The molecule has 0 radical (unpaired) electrons. The van der Waals surface area contributed by atoms with E-state index < -0.39 is 0 Å². The molecule has 2 aliphatic rings. The van der Waals surface area contributed by atoms with Crippen LogP contribution in [0.3, 0.4) is 0 Å². The Morgan fingerprint density at radius 1 is 1.25 bits per heavy atom. The first-order valence-corrected chi connectivity index (χ1v) is 10.8. The zero-order valence-corrected chi connectivity index (χ0v) is 17.2. The van der Waals surface area contributed by atoms with Crippen molar-refractivity contribution in [1.82, 2.24) is 34.0 Å². The molecular formula is C22H20N8O2. The van der Waals surface area contributed by atoms with Crippen LogP contribution in [-0.4, -0.2) is 53.0 Å². The summed E-state index contributed by atoms with van der Waals surface area (Å²) in [5.41, 5.74) is 2.73. The highest BCUT2D eigenvalue weighted by Gasteiger charge is 2.36. The van der Waals surface area contributed by atoms with Gasteiger partial charge in [0.1, 0.15) is 5.52 Å². The Kier molecular flexibility index (Phi) is 4.11. The third kappa shape index (κ3) is 2.97. The SMILES string of the molecule is N#Cc1ccn2ncc(-c3ncc4[nH]c(=O)n([C@H]5CCCN(C(=O)C6CC6)C5)c4n3)c2c1. The molecule has 1 saturated heterocycles. The number of rotatable bonds is 3. The molecule has 5 heterocycles. The first-order chi connectivity index (χ1) is 15.6. The predicted octanol–water partition coefficient (Wildman–Crippen LogP) is 1.88. The summed E-state index contributed by atoms with van der Waals surface area (Å²) in [6, 6.07) is 5.43. The van der Waals surface area contributed by atoms with Crippen molar-refractivity contribution < 1.29 is 4.79 Å². The minimum atomic E-state index is -0.246. The number of nitrogens with zero attached hydrogens (tertiary/aromatic N) is 7. The molecule has 1 saturated carbocycles. The van der Waals surface area contributed by atoms with Gasteiger partial charge in [-0.05, 0) is 37.8 Å². The molecule has 0 spiro atoms. The molecule has 4 aromatic heterocycles. The number of likely N-dealkylation sites (tertiary alicyclic amines) is 1. The zero-order valence-electron chi connectivity index (χ0n) is 17.2. The maximum absolute atomic E-state index is 12.8. The number of nitrogens with one attached hydrogen (secondary N) is 1. The topological polar surface area (TPSA) is 125 Å². The summed E-state index contributed by atoms with van der Waals surface area (Å²) in [7, 11) is 0. The maximum Gasteiger partial charge on any atom is 0.328 e. The molecule has 0 bridgehead atoms. The average Bonchev–Trinajstić information content (AvgIpc) is 3.50. The minimum Gasteiger partial charge on any atom is -0.340 e. The molecule has 160 valence electrons.